The van der Waals surface area contributed by atoms with Crippen LogP contribution in [0.2, 0.25) is 0 Å². The Hall–Kier alpha value is -1.05. The summed E-state index contributed by atoms with van der Waals surface area (Å²) in [6, 6.07) is 6.72. The highest BCUT2D eigenvalue weighted by Gasteiger charge is 2.21. The molecule has 0 aromatic heterocycles. The molecule has 1 fully saturated rings. The van der Waals surface area contributed by atoms with Gasteiger partial charge in [-0.1, -0.05) is 18.6 Å². The van der Waals surface area contributed by atoms with E-state index in [0.717, 1.165) is 18.6 Å². The standard InChI is InChI=1S/C13H18N2O3S2/c14-20(17,18)9-10-4-6-11(7-5-10)15-13(16)12-3-1-2-8-19-12/h4-7,12H,1-3,8-9H2,(H,15,16)(H2,14,17,18). The Morgan fingerprint density at radius 2 is 2.00 bits per heavy atom. The lowest BCUT2D eigenvalue weighted by atomic mass is 10.1. The van der Waals surface area contributed by atoms with E-state index in [1.54, 1.807) is 36.0 Å². The monoisotopic (exact) mass is 314 g/mol. The second-order valence-corrected chi connectivity index (χ2v) is 7.77. The summed E-state index contributed by atoms with van der Waals surface area (Å²) >= 11 is 1.69. The number of amides is 1. The summed E-state index contributed by atoms with van der Waals surface area (Å²) in [5.41, 5.74) is 1.29. The topological polar surface area (TPSA) is 89.3 Å². The molecular weight excluding hydrogens is 296 g/mol. The van der Waals surface area contributed by atoms with Gasteiger partial charge >= 0.3 is 0 Å². The number of carbonyl (C=O) groups is 1. The number of anilines is 1. The van der Waals surface area contributed by atoms with Gasteiger partial charge in [-0.2, -0.15) is 0 Å². The van der Waals surface area contributed by atoms with Gasteiger partial charge in [-0.3, -0.25) is 4.79 Å². The van der Waals surface area contributed by atoms with Crippen LogP contribution in [0.25, 0.3) is 0 Å². The van der Waals surface area contributed by atoms with Crippen LogP contribution in [0.15, 0.2) is 24.3 Å². The molecule has 1 aliphatic rings. The zero-order valence-corrected chi connectivity index (χ0v) is 12.7. The van der Waals surface area contributed by atoms with Crippen LogP contribution in [0.1, 0.15) is 24.8 Å². The molecule has 1 atom stereocenters. The third kappa shape index (κ3) is 4.81. The van der Waals surface area contributed by atoms with Crippen molar-refractivity contribution in [2.45, 2.75) is 30.3 Å². The number of nitrogens with one attached hydrogen (secondary N) is 1. The number of carbonyl (C=O) groups excluding carboxylic acids is 1. The number of thioether (sulfide) groups is 1. The smallest absolute Gasteiger partial charge is 0.237 e. The Morgan fingerprint density at radius 3 is 2.55 bits per heavy atom. The van der Waals surface area contributed by atoms with Crippen molar-refractivity contribution in [2.24, 2.45) is 5.14 Å². The van der Waals surface area contributed by atoms with Crippen molar-refractivity contribution in [2.75, 3.05) is 11.1 Å². The van der Waals surface area contributed by atoms with E-state index in [0.29, 0.717) is 11.3 Å². The first-order valence-corrected chi connectivity index (χ1v) is 9.22. The van der Waals surface area contributed by atoms with E-state index in [1.807, 2.05) is 0 Å². The van der Waals surface area contributed by atoms with Gasteiger partial charge in [-0.05, 0) is 36.3 Å². The van der Waals surface area contributed by atoms with Crippen molar-refractivity contribution in [3.63, 3.8) is 0 Å². The molecule has 20 heavy (non-hydrogen) atoms. The minimum absolute atomic E-state index is 0.0212. The molecule has 1 heterocycles. The molecule has 0 radical (unpaired) electrons. The molecular formula is C13H18N2O3S2. The average molecular weight is 314 g/mol. The van der Waals surface area contributed by atoms with Crippen molar-refractivity contribution >= 4 is 33.4 Å². The van der Waals surface area contributed by atoms with Crippen LogP contribution in [0.3, 0.4) is 0 Å². The normalized spacial score (nSPS) is 19.6. The van der Waals surface area contributed by atoms with E-state index in [4.69, 9.17) is 5.14 Å². The molecule has 1 aromatic carbocycles. The van der Waals surface area contributed by atoms with Gasteiger partial charge in [0.15, 0.2) is 0 Å². The third-order valence-corrected chi connectivity index (χ3v) is 5.17. The van der Waals surface area contributed by atoms with Crippen LogP contribution in [0.4, 0.5) is 5.69 Å². The van der Waals surface area contributed by atoms with E-state index in [9.17, 15) is 13.2 Å². The Labute approximate surface area is 123 Å². The van der Waals surface area contributed by atoms with Crippen LogP contribution in [-0.4, -0.2) is 25.3 Å². The van der Waals surface area contributed by atoms with Crippen LogP contribution in [-0.2, 0) is 20.6 Å². The Bertz CT molecular complexity index is 564. The van der Waals surface area contributed by atoms with Gasteiger partial charge in [-0.15, -0.1) is 11.8 Å². The first-order chi connectivity index (χ1) is 9.44. The zero-order chi connectivity index (χ0) is 14.6. The summed E-state index contributed by atoms with van der Waals surface area (Å²) in [4.78, 5) is 12.0. The van der Waals surface area contributed by atoms with Gasteiger partial charge in [0.1, 0.15) is 0 Å². The summed E-state index contributed by atoms with van der Waals surface area (Å²) < 4.78 is 22.0. The molecule has 2 rings (SSSR count). The highest BCUT2D eigenvalue weighted by molar-refractivity contribution is 8.00. The molecule has 7 heteroatoms. The van der Waals surface area contributed by atoms with E-state index < -0.39 is 10.0 Å². The number of hydrogen-bond acceptors (Lipinski definition) is 4. The summed E-state index contributed by atoms with van der Waals surface area (Å²) in [5, 5.41) is 7.87. The van der Waals surface area contributed by atoms with Crippen LogP contribution in [0, 0.1) is 0 Å². The van der Waals surface area contributed by atoms with Crippen molar-refractivity contribution in [1.29, 1.82) is 0 Å². The highest BCUT2D eigenvalue weighted by Crippen LogP contribution is 2.26. The molecule has 0 bridgehead atoms. The molecule has 1 aromatic rings. The fourth-order valence-electron chi connectivity index (χ4n) is 2.09. The summed E-state index contributed by atoms with van der Waals surface area (Å²) in [6.07, 6.45) is 3.19. The molecule has 110 valence electrons. The maximum absolute atomic E-state index is 12.0. The van der Waals surface area contributed by atoms with E-state index in [1.165, 1.54) is 6.42 Å². The van der Waals surface area contributed by atoms with Crippen molar-refractivity contribution in [3.8, 4) is 0 Å². The highest BCUT2D eigenvalue weighted by atomic mass is 32.2. The molecule has 0 aliphatic carbocycles. The van der Waals surface area contributed by atoms with Crippen LogP contribution < -0.4 is 10.5 Å². The number of benzene rings is 1. The summed E-state index contributed by atoms with van der Waals surface area (Å²) in [5.74, 6) is 0.861. The number of hydrogen-bond donors (Lipinski definition) is 2. The van der Waals surface area contributed by atoms with Crippen molar-refractivity contribution < 1.29 is 13.2 Å². The molecule has 1 unspecified atom stereocenters. The van der Waals surface area contributed by atoms with Gasteiger partial charge in [0.05, 0.1) is 11.0 Å². The van der Waals surface area contributed by atoms with Gasteiger partial charge in [0.2, 0.25) is 15.9 Å². The second kappa shape index (κ2) is 6.60. The summed E-state index contributed by atoms with van der Waals surface area (Å²) in [6.45, 7) is 0. The maximum Gasteiger partial charge on any atom is 0.237 e. The first-order valence-electron chi connectivity index (χ1n) is 6.46. The van der Waals surface area contributed by atoms with Gasteiger partial charge in [0.25, 0.3) is 0 Å². The largest absolute Gasteiger partial charge is 0.325 e. The molecule has 1 amide bonds. The van der Waals surface area contributed by atoms with Gasteiger partial charge < -0.3 is 5.32 Å². The van der Waals surface area contributed by atoms with Gasteiger partial charge in [0, 0.05) is 5.69 Å². The lowest BCUT2D eigenvalue weighted by molar-refractivity contribution is -0.115. The Kier molecular flexibility index (Phi) is 5.06. The number of nitrogens with two attached hydrogens (primary N) is 1. The molecule has 1 saturated heterocycles. The van der Waals surface area contributed by atoms with Crippen molar-refractivity contribution in [1.82, 2.24) is 0 Å². The fraction of sp³-hybridized carbons (Fsp3) is 0.462. The molecule has 3 N–H and O–H groups in total. The Morgan fingerprint density at radius 1 is 1.30 bits per heavy atom. The van der Waals surface area contributed by atoms with Crippen LogP contribution in [0.5, 0.6) is 0 Å². The third-order valence-electron chi connectivity index (χ3n) is 3.06. The molecule has 1 aliphatic heterocycles. The molecule has 5 nitrogen and oxygen atoms in total. The average Bonchev–Trinajstić information content (AvgIpc) is 2.40. The van der Waals surface area contributed by atoms with E-state index >= 15 is 0 Å². The number of rotatable bonds is 4. The predicted molar refractivity (Wildman–Crippen MR) is 82.0 cm³/mol. The molecule has 0 spiro atoms. The minimum atomic E-state index is -3.52. The van der Waals surface area contributed by atoms with Gasteiger partial charge in [-0.25, -0.2) is 13.6 Å². The predicted octanol–water partition coefficient (Wildman–Crippen LogP) is 1.70. The fourth-order valence-corrected chi connectivity index (χ4v) is 3.94. The zero-order valence-electron chi connectivity index (χ0n) is 11.0. The lowest BCUT2D eigenvalue weighted by Crippen LogP contribution is -2.27. The number of sulfonamides is 1. The summed E-state index contributed by atoms with van der Waals surface area (Å²) in [7, 11) is -3.52. The number of primary sulfonamides is 1. The SMILES string of the molecule is NS(=O)(=O)Cc1ccc(NC(=O)C2CCCCS2)cc1. The molecule has 0 saturated carbocycles. The first kappa shape index (κ1) is 15.3. The Balaban J connectivity index is 1.94. The van der Waals surface area contributed by atoms with E-state index in [2.05, 4.69) is 5.32 Å². The second-order valence-electron chi connectivity index (χ2n) is 4.85. The van der Waals surface area contributed by atoms with E-state index in [-0.39, 0.29) is 16.9 Å². The quantitative estimate of drug-likeness (QED) is 0.885. The maximum atomic E-state index is 12.0. The minimum Gasteiger partial charge on any atom is -0.325 e. The van der Waals surface area contributed by atoms with Crippen LogP contribution >= 0.6 is 11.8 Å². The van der Waals surface area contributed by atoms with Crippen molar-refractivity contribution in [3.05, 3.63) is 29.8 Å². The lowest BCUT2D eigenvalue weighted by Gasteiger charge is -2.20.